The van der Waals surface area contributed by atoms with Gasteiger partial charge in [0, 0.05) is 6.42 Å². The van der Waals surface area contributed by atoms with Crippen molar-refractivity contribution in [1.29, 1.82) is 0 Å². The first kappa shape index (κ1) is 27.9. The highest BCUT2D eigenvalue weighted by atomic mass is 16.3. The summed E-state index contributed by atoms with van der Waals surface area (Å²) in [4.78, 5) is 0. The van der Waals surface area contributed by atoms with Crippen LogP contribution >= 0.6 is 0 Å². The van der Waals surface area contributed by atoms with E-state index < -0.39 is 12.2 Å². The summed E-state index contributed by atoms with van der Waals surface area (Å²) < 4.78 is 0. The lowest BCUT2D eigenvalue weighted by Gasteiger charge is -2.44. The Bertz CT molecular complexity index is 862. The molecule has 0 amide bonds. The lowest BCUT2D eigenvalue weighted by Crippen LogP contribution is -2.35. The molecule has 0 aromatic carbocycles. The quantitative estimate of drug-likeness (QED) is 0.218. The molecule has 4 saturated carbocycles. The van der Waals surface area contributed by atoms with E-state index >= 15 is 0 Å². The maximum absolute atomic E-state index is 11.0. The van der Waals surface area contributed by atoms with Crippen molar-refractivity contribution in [2.75, 3.05) is 0 Å². The lowest BCUT2D eigenvalue weighted by molar-refractivity contribution is 0.0862. The summed E-state index contributed by atoms with van der Waals surface area (Å²) in [6, 6.07) is 0. The van der Waals surface area contributed by atoms with Crippen molar-refractivity contribution < 1.29 is 15.3 Å². The van der Waals surface area contributed by atoms with Crippen LogP contribution < -0.4 is 0 Å². The Kier molecular flexibility index (Phi) is 9.06. The Hall–Kier alpha value is -1.16. The molecule has 0 aliphatic heterocycles. The molecule has 3 N–H and O–H groups in total. The Labute approximate surface area is 220 Å². The second-order valence-electron chi connectivity index (χ2n) is 13.0. The van der Waals surface area contributed by atoms with E-state index in [0.29, 0.717) is 36.0 Å². The van der Waals surface area contributed by atoms with Gasteiger partial charge in [0.25, 0.3) is 0 Å². The third-order valence-corrected chi connectivity index (χ3v) is 10.6. The zero-order valence-electron chi connectivity index (χ0n) is 23.2. The fraction of sp³-hybridized carbons (Fsp3) is 0.758. The van der Waals surface area contributed by atoms with Gasteiger partial charge >= 0.3 is 0 Å². The number of aliphatic hydroxyl groups is 3. The van der Waals surface area contributed by atoms with Crippen molar-refractivity contribution in [3.63, 3.8) is 0 Å². The van der Waals surface area contributed by atoms with Crippen LogP contribution in [0.1, 0.15) is 111 Å². The first-order chi connectivity index (χ1) is 17.2. The van der Waals surface area contributed by atoms with Gasteiger partial charge in [-0.15, -0.1) is 0 Å². The maximum atomic E-state index is 11.0. The van der Waals surface area contributed by atoms with Gasteiger partial charge in [-0.2, -0.15) is 0 Å². The molecular formula is C33H52O3. The topological polar surface area (TPSA) is 60.7 Å². The number of aliphatic hydroxyl groups excluding tert-OH is 3. The second-order valence-corrected chi connectivity index (χ2v) is 13.0. The summed E-state index contributed by atoms with van der Waals surface area (Å²) in [5.41, 5.74) is 3.80. The van der Waals surface area contributed by atoms with Crippen LogP contribution in [0.5, 0.6) is 0 Å². The van der Waals surface area contributed by atoms with Crippen LogP contribution in [0.25, 0.3) is 0 Å². The third kappa shape index (κ3) is 5.94. The van der Waals surface area contributed by atoms with E-state index in [9.17, 15) is 15.3 Å². The zero-order chi connectivity index (χ0) is 25.9. The highest BCUT2D eigenvalue weighted by Gasteiger charge is 2.51. The molecule has 4 rings (SSSR count). The summed E-state index contributed by atoms with van der Waals surface area (Å²) in [5.74, 6) is 1.73. The van der Waals surface area contributed by atoms with E-state index in [2.05, 4.69) is 51.7 Å². The standard InChI is InChI=1S/C33H52O3/c1-5-6-7-8-18-33(19-20-33)31(36)16-11-23(2)28-14-15-29-25(10-9-17-32(28,29)4)12-13-26-21-27(34)22-30(35)24(26)3/h11-13,16,23,27-31,34-36H,3,5-10,14-15,17-22H2,1-2,4H3/t23-,27-,28-,29+,30+,31-,32-/m1/s1. The van der Waals surface area contributed by atoms with Gasteiger partial charge < -0.3 is 15.3 Å². The molecule has 0 saturated heterocycles. The Morgan fingerprint density at radius 3 is 2.56 bits per heavy atom. The smallest absolute Gasteiger partial charge is 0.0811 e. The van der Waals surface area contributed by atoms with Crippen molar-refractivity contribution in [2.45, 2.75) is 129 Å². The van der Waals surface area contributed by atoms with E-state index in [1.807, 2.05) is 0 Å². The number of hydrogen-bond donors (Lipinski definition) is 3. The van der Waals surface area contributed by atoms with E-state index in [-0.39, 0.29) is 11.5 Å². The number of hydrogen-bond acceptors (Lipinski definition) is 3. The fourth-order valence-corrected chi connectivity index (χ4v) is 7.99. The predicted molar refractivity (Wildman–Crippen MR) is 149 cm³/mol. The molecule has 0 spiro atoms. The summed E-state index contributed by atoms with van der Waals surface area (Å²) in [5, 5.41) is 31.4. The van der Waals surface area contributed by atoms with Gasteiger partial charge in [0.05, 0.1) is 18.3 Å². The second kappa shape index (κ2) is 11.7. The van der Waals surface area contributed by atoms with Crippen LogP contribution in [0, 0.1) is 28.6 Å². The number of fused-ring (bicyclic) bond motifs is 1. The lowest BCUT2D eigenvalue weighted by atomic mass is 9.61. The largest absolute Gasteiger partial charge is 0.393 e. The number of allylic oxidation sites excluding steroid dienone is 4. The van der Waals surface area contributed by atoms with Crippen molar-refractivity contribution >= 4 is 0 Å². The first-order valence-corrected chi connectivity index (χ1v) is 15.0. The van der Waals surface area contributed by atoms with Crippen molar-refractivity contribution in [3.05, 3.63) is 47.6 Å². The van der Waals surface area contributed by atoms with Crippen LogP contribution in [0.2, 0.25) is 0 Å². The molecule has 3 heteroatoms. The SMILES string of the molecule is C=C1C(=CC=C2CCC[C@]3(C)[C@@H]([C@H](C)C=C[C@@H](O)C4(CCCCCC)CC4)CC[C@@H]23)C[C@@H](O)C[C@@H]1O. The highest BCUT2D eigenvalue weighted by Crippen LogP contribution is 2.60. The molecule has 0 bridgehead atoms. The van der Waals surface area contributed by atoms with Crippen LogP contribution in [0.4, 0.5) is 0 Å². The average Bonchev–Trinajstić information content (AvgIpc) is 3.55. The van der Waals surface area contributed by atoms with Gasteiger partial charge in [-0.1, -0.05) is 82.9 Å². The average molecular weight is 497 g/mol. The Balaban J connectivity index is 1.40. The van der Waals surface area contributed by atoms with Gasteiger partial charge in [0.1, 0.15) is 0 Å². The monoisotopic (exact) mass is 496 g/mol. The zero-order valence-corrected chi connectivity index (χ0v) is 23.2. The number of unbranched alkanes of at least 4 members (excludes halogenated alkanes) is 3. The molecule has 0 unspecified atom stereocenters. The van der Waals surface area contributed by atoms with E-state index in [1.54, 1.807) is 5.57 Å². The number of rotatable bonds is 10. The fourth-order valence-electron chi connectivity index (χ4n) is 7.99. The normalized spacial score (nSPS) is 38.0. The predicted octanol–water partition coefficient (Wildman–Crippen LogP) is 7.43. The molecule has 0 heterocycles. The molecule has 202 valence electrons. The minimum atomic E-state index is -0.625. The van der Waals surface area contributed by atoms with Gasteiger partial charge in [-0.25, -0.2) is 0 Å². The summed E-state index contributed by atoms with van der Waals surface area (Å²) >= 11 is 0. The van der Waals surface area contributed by atoms with Crippen LogP contribution in [0.3, 0.4) is 0 Å². The van der Waals surface area contributed by atoms with Crippen molar-refractivity contribution in [2.24, 2.45) is 28.6 Å². The minimum Gasteiger partial charge on any atom is -0.393 e. The molecule has 0 aromatic heterocycles. The van der Waals surface area contributed by atoms with E-state index in [1.165, 1.54) is 70.6 Å². The van der Waals surface area contributed by atoms with Gasteiger partial charge in [0.15, 0.2) is 0 Å². The molecule has 4 aliphatic carbocycles. The van der Waals surface area contributed by atoms with Gasteiger partial charge in [-0.3, -0.25) is 0 Å². The van der Waals surface area contributed by atoms with Crippen molar-refractivity contribution in [1.82, 2.24) is 0 Å². The van der Waals surface area contributed by atoms with Gasteiger partial charge in [0.2, 0.25) is 0 Å². The minimum absolute atomic E-state index is 0.171. The molecule has 7 atom stereocenters. The van der Waals surface area contributed by atoms with Gasteiger partial charge in [-0.05, 0) is 97.5 Å². The molecule has 0 aromatic rings. The Morgan fingerprint density at radius 1 is 1.06 bits per heavy atom. The summed E-state index contributed by atoms with van der Waals surface area (Å²) in [7, 11) is 0. The molecule has 36 heavy (non-hydrogen) atoms. The summed E-state index contributed by atoms with van der Waals surface area (Å²) in [6.45, 7) is 11.2. The van der Waals surface area contributed by atoms with Crippen LogP contribution in [0.15, 0.2) is 47.6 Å². The molecule has 3 nitrogen and oxygen atoms in total. The summed E-state index contributed by atoms with van der Waals surface area (Å²) in [6.07, 6.45) is 23.4. The molecular weight excluding hydrogens is 444 g/mol. The third-order valence-electron chi connectivity index (χ3n) is 10.6. The Morgan fingerprint density at radius 2 is 1.83 bits per heavy atom. The highest BCUT2D eigenvalue weighted by molar-refractivity contribution is 5.38. The van der Waals surface area contributed by atoms with Crippen LogP contribution in [-0.4, -0.2) is 33.6 Å². The van der Waals surface area contributed by atoms with E-state index in [0.717, 1.165) is 17.6 Å². The molecule has 0 radical (unpaired) electrons. The van der Waals surface area contributed by atoms with E-state index in [4.69, 9.17) is 0 Å². The van der Waals surface area contributed by atoms with Crippen molar-refractivity contribution in [3.8, 4) is 0 Å². The maximum Gasteiger partial charge on any atom is 0.0811 e. The first-order valence-electron chi connectivity index (χ1n) is 15.0. The van der Waals surface area contributed by atoms with Crippen LogP contribution in [-0.2, 0) is 0 Å². The molecule has 4 fully saturated rings. The molecule has 4 aliphatic rings.